The monoisotopic (exact) mass is 259 g/mol. The Kier molecular flexibility index (Phi) is 5.82. The number of nitrogens with zero attached hydrogens (tertiary/aromatic N) is 1. The number of hydrogen-bond donors (Lipinski definition) is 1. The van der Waals surface area contributed by atoms with Crippen molar-refractivity contribution >= 4 is 23.6 Å². The summed E-state index contributed by atoms with van der Waals surface area (Å²) in [6.07, 6.45) is 4.13. The van der Waals surface area contributed by atoms with E-state index in [0.29, 0.717) is 25.9 Å². The minimum atomic E-state index is -0.779. The van der Waals surface area contributed by atoms with Gasteiger partial charge in [0.1, 0.15) is 0 Å². The van der Waals surface area contributed by atoms with Crippen LogP contribution in [0.1, 0.15) is 26.2 Å². The van der Waals surface area contributed by atoms with Crippen molar-refractivity contribution < 1.29 is 14.7 Å². The predicted octanol–water partition coefficient (Wildman–Crippen LogP) is 1.70. The first-order valence-electron chi connectivity index (χ1n) is 6.04. The highest BCUT2D eigenvalue weighted by Crippen LogP contribution is 2.22. The SMILES string of the molecule is CSCCCC(=O)N1CC(C)CC(C(=O)O)C1. The van der Waals surface area contributed by atoms with Gasteiger partial charge in [0.05, 0.1) is 5.92 Å². The van der Waals surface area contributed by atoms with Gasteiger partial charge in [-0.1, -0.05) is 6.92 Å². The van der Waals surface area contributed by atoms with E-state index in [9.17, 15) is 9.59 Å². The molecule has 1 rings (SSSR count). The molecule has 2 unspecified atom stereocenters. The zero-order chi connectivity index (χ0) is 12.8. The van der Waals surface area contributed by atoms with Gasteiger partial charge in [-0.3, -0.25) is 9.59 Å². The first-order chi connectivity index (χ1) is 8.04. The highest BCUT2D eigenvalue weighted by atomic mass is 32.2. The zero-order valence-corrected chi connectivity index (χ0v) is 11.3. The van der Waals surface area contributed by atoms with Gasteiger partial charge in [0.2, 0.25) is 5.91 Å². The summed E-state index contributed by atoms with van der Waals surface area (Å²) in [5.74, 6) is 0.213. The van der Waals surface area contributed by atoms with Crippen molar-refractivity contribution in [2.45, 2.75) is 26.2 Å². The Balaban J connectivity index is 2.46. The molecule has 98 valence electrons. The van der Waals surface area contributed by atoms with Gasteiger partial charge in [-0.25, -0.2) is 0 Å². The third kappa shape index (κ3) is 4.58. The first kappa shape index (κ1) is 14.4. The van der Waals surface area contributed by atoms with E-state index < -0.39 is 5.97 Å². The van der Waals surface area contributed by atoms with Crippen LogP contribution in [0.2, 0.25) is 0 Å². The van der Waals surface area contributed by atoms with Gasteiger partial charge in [0.15, 0.2) is 0 Å². The van der Waals surface area contributed by atoms with E-state index in [4.69, 9.17) is 5.11 Å². The zero-order valence-electron chi connectivity index (χ0n) is 10.5. The molecular weight excluding hydrogens is 238 g/mol. The molecule has 0 aliphatic carbocycles. The molecule has 0 aromatic heterocycles. The van der Waals surface area contributed by atoms with Gasteiger partial charge in [0.25, 0.3) is 0 Å². The van der Waals surface area contributed by atoms with Gasteiger partial charge < -0.3 is 10.0 Å². The third-order valence-electron chi connectivity index (χ3n) is 3.10. The maximum absolute atomic E-state index is 11.9. The summed E-state index contributed by atoms with van der Waals surface area (Å²) in [6, 6.07) is 0. The van der Waals surface area contributed by atoms with E-state index in [1.54, 1.807) is 16.7 Å². The maximum atomic E-state index is 11.9. The molecule has 2 atom stereocenters. The van der Waals surface area contributed by atoms with E-state index >= 15 is 0 Å². The lowest BCUT2D eigenvalue weighted by atomic mass is 9.90. The molecule has 1 heterocycles. The number of carboxylic acid groups (broad SMARTS) is 1. The summed E-state index contributed by atoms with van der Waals surface area (Å²) in [5, 5.41) is 9.03. The number of likely N-dealkylation sites (tertiary alicyclic amines) is 1. The molecule has 0 radical (unpaired) electrons. The van der Waals surface area contributed by atoms with Crippen molar-refractivity contribution in [1.82, 2.24) is 4.90 Å². The van der Waals surface area contributed by atoms with Crippen LogP contribution in [0.15, 0.2) is 0 Å². The molecule has 1 aliphatic rings. The molecule has 17 heavy (non-hydrogen) atoms. The van der Waals surface area contributed by atoms with Crippen molar-refractivity contribution in [3.05, 3.63) is 0 Å². The fourth-order valence-corrected chi connectivity index (χ4v) is 2.69. The van der Waals surface area contributed by atoms with Crippen LogP contribution in [0.4, 0.5) is 0 Å². The minimum Gasteiger partial charge on any atom is -0.481 e. The van der Waals surface area contributed by atoms with Crippen LogP contribution in [-0.4, -0.2) is 47.0 Å². The van der Waals surface area contributed by atoms with Crippen LogP contribution in [0.25, 0.3) is 0 Å². The quantitative estimate of drug-likeness (QED) is 0.763. The van der Waals surface area contributed by atoms with Gasteiger partial charge in [-0.2, -0.15) is 11.8 Å². The number of carboxylic acids is 1. The fraction of sp³-hybridized carbons (Fsp3) is 0.833. The first-order valence-corrected chi connectivity index (χ1v) is 7.43. The molecule has 1 N–H and O–H groups in total. The molecule has 0 bridgehead atoms. The summed E-state index contributed by atoms with van der Waals surface area (Å²) in [6.45, 7) is 3.11. The van der Waals surface area contributed by atoms with Crippen molar-refractivity contribution in [2.24, 2.45) is 11.8 Å². The molecule has 5 heteroatoms. The smallest absolute Gasteiger partial charge is 0.308 e. The van der Waals surface area contributed by atoms with Crippen LogP contribution in [0, 0.1) is 11.8 Å². The average Bonchev–Trinajstić information content (AvgIpc) is 2.28. The summed E-state index contributed by atoms with van der Waals surface area (Å²) >= 11 is 1.73. The Bertz CT molecular complexity index is 283. The molecule has 1 saturated heterocycles. The number of hydrogen-bond acceptors (Lipinski definition) is 3. The Morgan fingerprint density at radius 2 is 2.12 bits per heavy atom. The van der Waals surface area contributed by atoms with Crippen molar-refractivity contribution in [1.29, 1.82) is 0 Å². The summed E-state index contributed by atoms with van der Waals surface area (Å²) in [5.41, 5.74) is 0. The second-order valence-corrected chi connectivity index (χ2v) is 5.76. The number of carbonyl (C=O) groups excluding carboxylic acids is 1. The fourth-order valence-electron chi connectivity index (χ4n) is 2.26. The molecule has 1 fully saturated rings. The third-order valence-corrected chi connectivity index (χ3v) is 3.80. The Hall–Kier alpha value is -0.710. The second kappa shape index (κ2) is 6.89. The summed E-state index contributed by atoms with van der Waals surface area (Å²) in [4.78, 5) is 24.6. The van der Waals surface area contributed by atoms with Gasteiger partial charge in [0, 0.05) is 19.5 Å². The number of carbonyl (C=O) groups is 2. The minimum absolute atomic E-state index is 0.108. The molecule has 0 spiro atoms. The number of rotatable bonds is 5. The number of piperidine rings is 1. The maximum Gasteiger partial charge on any atom is 0.308 e. The lowest BCUT2D eigenvalue weighted by Crippen LogP contribution is -2.45. The predicted molar refractivity (Wildman–Crippen MR) is 69.1 cm³/mol. The Labute approximate surface area is 107 Å². The lowest BCUT2D eigenvalue weighted by Gasteiger charge is -2.34. The number of amides is 1. The normalized spacial score (nSPS) is 24.7. The molecule has 0 aromatic rings. The Morgan fingerprint density at radius 1 is 1.41 bits per heavy atom. The Morgan fingerprint density at radius 3 is 2.71 bits per heavy atom. The van der Waals surface area contributed by atoms with Gasteiger partial charge in [-0.05, 0) is 30.8 Å². The summed E-state index contributed by atoms with van der Waals surface area (Å²) in [7, 11) is 0. The van der Waals surface area contributed by atoms with E-state index in [1.165, 1.54) is 0 Å². The molecule has 0 saturated carbocycles. The number of aliphatic carboxylic acids is 1. The van der Waals surface area contributed by atoms with E-state index in [0.717, 1.165) is 12.2 Å². The molecule has 1 aliphatic heterocycles. The van der Waals surface area contributed by atoms with E-state index in [-0.39, 0.29) is 17.7 Å². The highest BCUT2D eigenvalue weighted by Gasteiger charge is 2.31. The van der Waals surface area contributed by atoms with E-state index in [2.05, 4.69) is 0 Å². The van der Waals surface area contributed by atoms with Gasteiger partial charge >= 0.3 is 5.97 Å². The standard InChI is InChI=1S/C12H21NO3S/c1-9-6-10(12(15)16)8-13(7-9)11(14)4-3-5-17-2/h9-10H,3-8H2,1-2H3,(H,15,16). The average molecular weight is 259 g/mol. The van der Waals surface area contributed by atoms with Crippen LogP contribution < -0.4 is 0 Å². The molecule has 0 aromatic carbocycles. The topological polar surface area (TPSA) is 57.6 Å². The van der Waals surface area contributed by atoms with E-state index in [1.807, 2.05) is 13.2 Å². The molecule has 4 nitrogen and oxygen atoms in total. The van der Waals surface area contributed by atoms with Gasteiger partial charge in [-0.15, -0.1) is 0 Å². The molecular formula is C12H21NO3S. The second-order valence-electron chi connectivity index (χ2n) is 4.77. The highest BCUT2D eigenvalue weighted by molar-refractivity contribution is 7.98. The van der Waals surface area contributed by atoms with Crippen molar-refractivity contribution in [2.75, 3.05) is 25.1 Å². The van der Waals surface area contributed by atoms with Crippen molar-refractivity contribution in [3.63, 3.8) is 0 Å². The van der Waals surface area contributed by atoms with Crippen LogP contribution in [-0.2, 0) is 9.59 Å². The van der Waals surface area contributed by atoms with Crippen molar-refractivity contribution in [3.8, 4) is 0 Å². The molecule has 1 amide bonds. The summed E-state index contributed by atoms with van der Waals surface area (Å²) < 4.78 is 0. The lowest BCUT2D eigenvalue weighted by molar-refractivity contribution is -0.146. The largest absolute Gasteiger partial charge is 0.481 e. The van der Waals surface area contributed by atoms with Crippen LogP contribution in [0.3, 0.4) is 0 Å². The number of thioether (sulfide) groups is 1. The van der Waals surface area contributed by atoms with Crippen LogP contribution in [0.5, 0.6) is 0 Å². The van der Waals surface area contributed by atoms with Crippen LogP contribution >= 0.6 is 11.8 Å².